The van der Waals surface area contributed by atoms with Crippen LogP contribution in [0.4, 0.5) is 0 Å². The molecule has 0 aliphatic heterocycles. The van der Waals surface area contributed by atoms with E-state index >= 15 is 0 Å². The van der Waals surface area contributed by atoms with Crippen LogP contribution in [0, 0.1) is 12.0 Å². The first kappa shape index (κ1) is 11.0. The van der Waals surface area contributed by atoms with Crippen molar-refractivity contribution in [3.05, 3.63) is 17.9 Å². The van der Waals surface area contributed by atoms with Crippen molar-refractivity contribution in [2.24, 2.45) is 5.92 Å². The van der Waals surface area contributed by atoms with Crippen molar-refractivity contribution < 1.29 is 18.9 Å². The first-order chi connectivity index (χ1) is 3.27. The van der Waals surface area contributed by atoms with Gasteiger partial charge in [-0.25, -0.2) is 6.08 Å². The molecular weight excluding hydrogens is 91.0 g/mol. The molecular formula is C7H11Li. The molecule has 0 aromatic carbocycles. The molecule has 1 heteroatoms. The molecule has 0 fully saturated rings. The Labute approximate surface area is 63.8 Å². The quantitative estimate of drug-likeness (QED) is 0.230. The third kappa shape index (κ3) is 9.45. The standard InChI is InChI=1S/C7H11.Li/c1-4-5-6-7(2)3;/h4,7H,1-3H3;/q-1;+1. The molecule has 40 valence electrons. The third-order valence-corrected chi connectivity index (χ3v) is 0.516. The summed E-state index contributed by atoms with van der Waals surface area (Å²) >= 11 is 0. The summed E-state index contributed by atoms with van der Waals surface area (Å²) in [7, 11) is 0. The molecule has 0 rings (SSSR count). The Hall–Kier alpha value is 0.117. The maximum absolute atomic E-state index is 2.99. The summed E-state index contributed by atoms with van der Waals surface area (Å²) in [6, 6.07) is 0. The fourth-order valence-electron chi connectivity index (χ4n) is 0.250. The van der Waals surface area contributed by atoms with Crippen molar-refractivity contribution >= 4 is 0 Å². The summed E-state index contributed by atoms with van der Waals surface area (Å²) in [6.07, 6.45) is 4.85. The van der Waals surface area contributed by atoms with Gasteiger partial charge in [0.2, 0.25) is 0 Å². The Morgan fingerprint density at radius 3 is 2.12 bits per heavy atom. The van der Waals surface area contributed by atoms with Crippen LogP contribution < -0.4 is 18.9 Å². The normalized spacial score (nSPS) is 7.00. The van der Waals surface area contributed by atoms with Gasteiger partial charge in [-0.2, -0.15) is 6.08 Å². The minimum atomic E-state index is 0. The minimum absolute atomic E-state index is 0. The molecule has 0 N–H and O–H groups in total. The monoisotopic (exact) mass is 102 g/mol. The molecule has 0 aromatic heterocycles. The fourth-order valence-corrected chi connectivity index (χ4v) is 0.250. The second-order valence-corrected chi connectivity index (χ2v) is 1.73. The molecule has 8 heavy (non-hydrogen) atoms. The number of hydrogen-bond acceptors (Lipinski definition) is 0. The zero-order valence-electron chi connectivity index (χ0n) is 6.15. The van der Waals surface area contributed by atoms with Crippen LogP contribution in [0.15, 0.2) is 11.8 Å². The molecule has 0 spiro atoms. The number of hydrogen-bond donors (Lipinski definition) is 0. The summed E-state index contributed by atoms with van der Waals surface area (Å²) in [5, 5.41) is 0. The minimum Gasteiger partial charge on any atom is -0.335 e. The van der Waals surface area contributed by atoms with Gasteiger partial charge >= 0.3 is 18.9 Å². The van der Waals surface area contributed by atoms with Gasteiger partial charge in [0.1, 0.15) is 0 Å². The van der Waals surface area contributed by atoms with Gasteiger partial charge in [-0.3, -0.25) is 0 Å². The van der Waals surface area contributed by atoms with E-state index in [-0.39, 0.29) is 18.9 Å². The average molecular weight is 102 g/mol. The molecule has 0 amide bonds. The van der Waals surface area contributed by atoms with E-state index < -0.39 is 0 Å². The predicted molar refractivity (Wildman–Crippen MR) is 31.8 cm³/mol. The Morgan fingerprint density at radius 2 is 2.00 bits per heavy atom. The van der Waals surface area contributed by atoms with E-state index in [1.54, 1.807) is 0 Å². The largest absolute Gasteiger partial charge is 1.00 e. The zero-order valence-corrected chi connectivity index (χ0v) is 6.15. The van der Waals surface area contributed by atoms with E-state index in [2.05, 4.69) is 25.7 Å². The van der Waals surface area contributed by atoms with E-state index in [4.69, 9.17) is 0 Å². The molecule has 0 radical (unpaired) electrons. The molecule has 0 atom stereocenters. The van der Waals surface area contributed by atoms with E-state index in [9.17, 15) is 0 Å². The number of allylic oxidation sites excluding steroid dienone is 1. The van der Waals surface area contributed by atoms with Gasteiger partial charge in [-0.05, 0) is 0 Å². The van der Waals surface area contributed by atoms with Crippen molar-refractivity contribution in [3.8, 4) is 0 Å². The topological polar surface area (TPSA) is 0 Å². The van der Waals surface area contributed by atoms with E-state index in [0.717, 1.165) is 0 Å². The third-order valence-electron chi connectivity index (χ3n) is 0.516. The molecule has 0 bridgehead atoms. The molecule has 0 aliphatic carbocycles. The first-order valence-electron chi connectivity index (χ1n) is 2.56. The van der Waals surface area contributed by atoms with E-state index in [0.29, 0.717) is 5.92 Å². The number of rotatable bonds is 1. The average Bonchev–Trinajstić information content (AvgIpc) is 1.61. The van der Waals surface area contributed by atoms with Gasteiger partial charge < -0.3 is 5.73 Å². The maximum Gasteiger partial charge on any atom is 1.00 e. The summed E-state index contributed by atoms with van der Waals surface area (Å²) in [4.78, 5) is 0. The summed E-state index contributed by atoms with van der Waals surface area (Å²) < 4.78 is 0. The second kappa shape index (κ2) is 7.12. The Bertz CT molecular complexity index is 86.6. The van der Waals surface area contributed by atoms with E-state index in [1.165, 1.54) is 0 Å². The van der Waals surface area contributed by atoms with Crippen LogP contribution in [0.1, 0.15) is 20.8 Å². The molecule has 0 aliphatic rings. The molecule has 0 heterocycles. The van der Waals surface area contributed by atoms with Crippen molar-refractivity contribution in [2.45, 2.75) is 20.8 Å². The fraction of sp³-hybridized carbons (Fsp3) is 0.571. The SMILES string of the molecule is CC=C=[C-]C(C)C.[Li+]. The summed E-state index contributed by atoms with van der Waals surface area (Å²) in [5.41, 5.74) is 2.87. The molecule has 0 aromatic rings. The Balaban J connectivity index is 0. The van der Waals surface area contributed by atoms with Gasteiger partial charge in [0.15, 0.2) is 0 Å². The van der Waals surface area contributed by atoms with Crippen molar-refractivity contribution in [1.29, 1.82) is 0 Å². The van der Waals surface area contributed by atoms with Gasteiger partial charge in [-0.15, -0.1) is 6.92 Å². The van der Waals surface area contributed by atoms with Gasteiger partial charge in [0.25, 0.3) is 0 Å². The Kier molecular flexibility index (Phi) is 9.78. The molecule has 0 unspecified atom stereocenters. The Morgan fingerprint density at radius 1 is 1.50 bits per heavy atom. The summed E-state index contributed by atoms with van der Waals surface area (Å²) in [5.74, 6) is 0.510. The van der Waals surface area contributed by atoms with Crippen LogP contribution in [0.3, 0.4) is 0 Å². The zero-order chi connectivity index (χ0) is 5.70. The summed E-state index contributed by atoms with van der Waals surface area (Å²) in [6.45, 7) is 6.10. The van der Waals surface area contributed by atoms with Crippen LogP contribution in [0.5, 0.6) is 0 Å². The van der Waals surface area contributed by atoms with Gasteiger partial charge in [0, 0.05) is 0 Å². The van der Waals surface area contributed by atoms with Crippen LogP contribution in [-0.2, 0) is 0 Å². The van der Waals surface area contributed by atoms with Gasteiger partial charge in [-0.1, -0.05) is 19.8 Å². The maximum atomic E-state index is 2.99. The van der Waals surface area contributed by atoms with Crippen molar-refractivity contribution in [1.82, 2.24) is 0 Å². The van der Waals surface area contributed by atoms with Crippen LogP contribution in [-0.4, -0.2) is 0 Å². The predicted octanol–water partition coefficient (Wildman–Crippen LogP) is -0.819. The first-order valence-corrected chi connectivity index (χ1v) is 2.56. The molecule has 0 nitrogen and oxygen atoms in total. The van der Waals surface area contributed by atoms with Crippen molar-refractivity contribution in [2.75, 3.05) is 0 Å². The van der Waals surface area contributed by atoms with Crippen LogP contribution in [0.25, 0.3) is 0 Å². The van der Waals surface area contributed by atoms with E-state index in [1.807, 2.05) is 13.0 Å². The van der Waals surface area contributed by atoms with Gasteiger partial charge in [0.05, 0.1) is 0 Å². The van der Waals surface area contributed by atoms with Crippen molar-refractivity contribution in [3.63, 3.8) is 0 Å². The second-order valence-electron chi connectivity index (χ2n) is 1.73. The smallest absolute Gasteiger partial charge is 0.335 e. The molecule has 0 saturated carbocycles. The van der Waals surface area contributed by atoms with Crippen LogP contribution >= 0.6 is 0 Å². The van der Waals surface area contributed by atoms with Crippen LogP contribution in [0.2, 0.25) is 0 Å². The molecule has 0 saturated heterocycles.